The third-order valence-electron chi connectivity index (χ3n) is 3.71. The highest BCUT2D eigenvalue weighted by molar-refractivity contribution is 5.91. The van der Waals surface area contributed by atoms with Gasteiger partial charge in [0.15, 0.2) is 11.5 Å². The normalized spacial score (nSPS) is 16.9. The summed E-state index contributed by atoms with van der Waals surface area (Å²) in [5.74, 6) is 1.74. The molecule has 0 fully saturated rings. The van der Waals surface area contributed by atoms with E-state index in [9.17, 15) is 4.79 Å². The summed E-state index contributed by atoms with van der Waals surface area (Å²) in [6.45, 7) is 4.44. The van der Waals surface area contributed by atoms with Crippen LogP contribution in [0.3, 0.4) is 0 Å². The number of nitrogens with zero attached hydrogens (tertiary/aromatic N) is 3. The van der Waals surface area contributed by atoms with Gasteiger partial charge in [-0.05, 0) is 37.1 Å². The zero-order valence-corrected chi connectivity index (χ0v) is 12.8. The van der Waals surface area contributed by atoms with Crippen molar-refractivity contribution in [3.63, 3.8) is 0 Å². The Morgan fingerprint density at radius 3 is 2.95 bits per heavy atom. The zero-order chi connectivity index (χ0) is 15.7. The van der Waals surface area contributed by atoms with Crippen molar-refractivity contribution in [3.8, 4) is 11.5 Å². The molecule has 22 heavy (non-hydrogen) atoms. The molecular weight excluding hydrogens is 284 g/mol. The topological polar surface area (TPSA) is 78.3 Å². The number of hydrogen-bond acceptors (Lipinski definition) is 5. The number of amides is 1. The molecule has 0 saturated carbocycles. The summed E-state index contributed by atoms with van der Waals surface area (Å²) in [6, 6.07) is 3.65. The van der Waals surface area contributed by atoms with Crippen LogP contribution in [0.5, 0.6) is 11.5 Å². The Bertz CT molecular complexity index is 711. The fourth-order valence-electron chi connectivity index (χ4n) is 2.71. The maximum absolute atomic E-state index is 11.9. The van der Waals surface area contributed by atoms with Crippen molar-refractivity contribution in [3.05, 3.63) is 29.6 Å². The van der Waals surface area contributed by atoms with Crippen LogP contribution in [-0.2, 0) is 4.79 Å². The first-order valence-electron chi connectivity index (χ1n) is 7.14. The lowest BCUT2D eigenvalue weighted by Gasteiger charge is -2.26. The Hall–Kier alpha value is -2.57. The van der Waals surface area contributed by atoms with Crippen molar-refractivity contribution in [1.82, 2.24) is 14.8 Å². The minimum atomic E-state index is -0.198. The van der Waals surface area contributed by atoms with Gasteiger partial charge in [-0.25, -0.2) is 4.68 Å². The van der Waals surface area contributed by atoms with Gasteiger partial charge in [-0.15, -0.1) is 0 Å². The molecule has 7 nitrogen and oxygen atoms in total. The van der Waals surface area contributed by atoms with E-state index in [1.54, 1.807) is 11.8 Å². The van der Waals surface area contributed by atoms with Crippen LogP contribution in [0.25, 0.3) is 0 Å². The monoisotopic (exact) mass is 302 g/mol. The molecule has 1 N–H and O–H groups in total. The highest BCUT2D eigenvalue weighted by atomic mass is 16.5. The van der Waals surface area contributed by atoms with Gasteiger partial charge in [0.25, 0.3) is 0 Å². The number of anilines is 1. The van der Waals surface area contributed by atoms with Gasteiger partial charge in [0.2, 0.25) is 11.9 Å². The van der Waals surface area contributed by atoms with E-state index in [0.29, 0.717) is 30.5 Å². The van der Waals surface area contributed by atoms with Crippen LogP contribution < -0.4 is 14.8 Å². The average Bonchev–Trinajstić information content (AvgIpc) is 2.96. The SMILES string of the molecule is CCOc1cc([C@@H]2CC(=O)Nc3ncnn32)c(C)cc1OC. The van der Waals surface area contributed by atoms with Crippen molar-refractivity contribution < 1.29 is 14.3 Å². The molecule has 1 amide bonds. The summed E-state index contributed by atoms with van der Waals surface area (Å²) in [6.07, 6.45) is 1.76. The summed E-state index contributed by atoms with van der Waals surface area (Å²) < 4.78 is 12.7. The van der Waals surface area contributed by atoms with Crippen LogP contribution in [0.4, 0.5) is 5.95 Å². The van der Waals surface area contributed by atoms with Crippen molar-refractivity contribution >= 4 is 11.9 Å². The maximum Gasteiger partial charge on any atom is 0.229 e. The van der Waals surface area contributed by atoms with Crippen LogP contribution in [0.1, 0.15) is 30.5 Å². The van der Waals surface area contributed by atoms with Crippen LogP contribution in [0.2, 0.25) is 0 Å². The quantitative estimate of drug-likeness (QED) is 0.933. The largest absolute Gasteiger partial charge is 0.493 e. The summed E-state index contributed by atoms with van der Waals surface area (Å²) in [4.78, 5) is 16.0. The molecule has 0 unspecified atom stereocenters. The molecule has 0 aliphatic carbocycles. The van der Waals surface area contributed by atoms with E-state index in [0.717, 1.165) is 11.1 Å². The van der Waals surface area contributed by atoms with E-state index in [1.807, 2.05) is 26.0 Å². The Labute approximate surface area is 128 Å². The Balaban J connectivity index is 2.09. The van der Waals surface area contributed by atoms with Crippen molar-refractivity contribution in [2.24, 2.45) is 0 Å². The second kappa shape index (κ2) is 5.67. The summed E-state index contributed by atoms with van der Waals surface area (Å²) in [7, 11) is 1.61. The first-order chi connectivity index (χ1) is 10.6. The summed E-state index contributed by atoms with van der Waals surface area (Å²) in [5, 5.41) is 6.94. The Kier molecular flexibility index (Phi) is 3.70. The molecule has 0 spiro atoms. The number of carbonyl (C=O) groups excluding carboxylic acids is 1. The van der Waals surface area contributed by atoms with Gasteiger partial charge in [-0.2, -0.15) is 10.1 Å². The van der Waals surface area contributed by atoms with Crippen LogP contribution in [0, 0.1) is 6.92 Å². The number of aryl methyl sites for hydroxylation is 1. The number of rotatable bonds is 4. The predicted octanol–water partition coefficient (Wildman–Crippen LogP) is 1.93. The number of nitrogens with one attached hydrogen (secondary N) is 1. The Morgan fingerprint density at radius 2 is 2.23 bits per heavy atom. The van der Waals surface area contributed by atoms with E-state index in [2.05, 4.69) is 15.4 Å². The smallest absolute Gasteiger partial charge is 0.229 e. The van der Waals surface area contributed by atoms with Gasteiger partial charge in [0.1, 0.15) is 6.33 Å². The highest BCUT2D eigenvalue weighted by Gasteiger charge is 2.29. The lowest BCUT2D eigenvalue weighted by molar-refractivity contribution is -0.117. The fourth-order valence-corrected chi connectivity index (χ4v) is 2.71. The first kappa shape index (κ1) is 14.4. The van der Waals surface area contributed by atoms with Crippen LogP contribution >= 0.6 is 0 Å². The van der Waals surface area contributed by atoms with E-state index >= 15 is 0 Å². The van der Waals surface area contributed by atoms with Gasteiger partial charge < -0.3 is 9.47 Å². The molecule has 0 radical (unpaired) electrons. The van der Waals surface area contributed by atoms with Crippen molar-refractivity contribution in [2.45, 2.75) is 26.3 Å². The number of carbonyl (C=O) groups is 1. The van der Waals surface area contributed by atoms with Gasteiger partial charge in [0, 0.05) is 0 Å². The number of aromatic nitrogens is 3. The molecule has 0 saturated heterocycles. The van der Waals surface area contributed by atoms with Crippen LogP contribution in [0.15, 0.2) is 18.5 Å². The second-order valence-corrected chi connectivity index (χ2v) is 5.09. The molecule has 3 rings (SSSR count). The second-order valence-electron chi connectivity index (χ2n) is 5.09. The van der Waals surface area contributed by atoms with E-state index < -0.39 is 0 Å². The molecule has 2 heterocycles. The minimum Gasteiger partial charge on any atom is -0.493 e. The average molecular weight is 302 g/mol. The predicted molar refractivity (Wildman–Crippen MR) is 80.3 cm³/mol. The third-order valence-corrected chi connectivity index (χ3v) is 3.71. The summed E-state index contributed by atoms with van der Waals surface area (Å²) in [5.41, 5.74) is 1.99. The molecule has 1 atom stereocenters. The fraction of sp³-hybridized carbons (Fsp3) is 0.400. The number of benzene rings is 1. The molecule has 0 bridgehead atoms. The minimum absolute atomic E-state index is 0.0707. The lowest BCUT2D eigenvalue weighted by atomic mass is 9.97. The molecule has 1 aliphatic rings. The molecule has 1 aromatic heterocycles. The molecule has 1 aliphatic heterocycles. The highest BCUT2D eigenvalue weighted by Crippen LogP contribution is 2.37. The molecule has 1 aromatic carbocycles. The molecule has 7 heteroatoms. The molecule has 2 aromatic rings. The van der Waals surface area contributed by atoms with Gasteiger partial charge >= 0.3 is 0 Å². The summed E-state index contributed by atoms with van der Waals surface area (Å²) >= 11 is 0. The third kappa shape index (κ3) is 2.38. The van der Waals surface area contributed by atoms with E-state index in [4.69, 9.17) is 9.47 Å². The molecule has 116 valence electrons. The van der Waals surface area contributed by atoms with Crippen molar-refractivity contribution in [1.29, 1.82) is 0 Å². The maximum atomic E-state index is 11.9. The van der Waals surface area contributed by atoms with Crippen LogP contribution in [-0.4, -0.2) is 34.4 Å². The van der Waals surface area contributed by atoms with Gasteiger partial charge in [-0.1, -0.05) is 0 Å². The number of methoxy groups -OCH3 is 1. The number of ether oxygens (including phenoxy) is 2. The first-order valence-corrected chi connectivity index (χ1v) is 7.14. The van der Waals surface area contributed by atoms with Gasteiger partial charge in [-0.3, -0.25) is 10.1 Å². The van der Waals surface area contributed by atoms with Gasteiger partial charge in [0.05, 0.1) is 26.2 Å². The number of fused-ring (bicyclic) bond motifs is 1. The molecular formula is C15H18N4O3. The van der Waals surface area contributed by atoms with E-state index in [-0.39, 0.29) is 11.9 Å². The zero-order valence-electron chi connectivity index (χ0n) is 12.8. The van der Waals surface area contributed by atoms with Crippen molar-refractivity contribution in [2.75, 3.05) is 19.0 Å². The van der Waals surface area contributed by atoms with E-state index in [1.165, 1.54) is 6.33 Å². The lowest BCUT2D eigenvalue weighted by Crippen LogP contribution is -2.29. The Morgan fingerprint density at radius 1 is 1.41 bits per heavy atom. The number of hydrogen-bond donors (Lipinski definition) is 1. The standard InChI is InChI=1S/C15H18N4O3/c1-4-22-13-6-10(9(2)5-12(13)21-3)11-7-14(20)18-15-16-8-17-19(11)15/h5-6,8,11H,4,7H2,1-3H3,(H,16,17,18,20)/t11-/m0/s1.